The van der Waals surface area contributed by atoms with Crippen LogP contribution in [-0.4, -0.2) is 5.11 Å². The molecule has 0 amide bonds. The summed E-state index contributed by atoms with van der Waals surface area (Å²) in [5.41, 5.74) is 3.41. The first-order valence-electron chi connectivity index (χ1n) is 5.71. The van der Waals surface area contributed by atoms with Gasteiger partial charge in [0.05, 0.1) is 0 Å². The Morgan fingerprint density at radius 2 is 2.18 bits per heavy atom. The summed E-state index contributed by atoms with van der Waals surface area (Å²) < 4.78 is 0. The van der Waals surface area contributed by atoms with Crippen molar-refractivity contribution in [3.63, 3.8) is 0 Å². The van der Waals surface area contributed by atoms with Crippen LogP contribution in [0, 0.1) is 6.92 Å². The highest BCUT2D eigenvalue weighted by Gasteiger charge is 2.07. The zero-order valence-electron chi connectivity index (χ0n) is 10.1. The van der Waals surface area contributed by atoms with E-state index in [1.807, 2.05) is 19.1 Å². The van der Waals surface area contributed by atoms with Crippen LogP contribution in [-0.2, 0) is 6.54 Å². The molecule has 0 saturated heterocycles. The Morgan fingerprint density at radius 3 is 2.88 bits per heavy atom. The van der Waals surface area contributed by atoms with Gasteiger partial charge in [-0.15, -0.1) is 0 Å². The lowest BCUT2D eigenvalue weighted by atomic mass is 10.1. The molecule has 0 aliphatic rings. The van der Waals surface area contributed by atoms with Gasteiger partial charge in [0, 0.05) is 18.2 Å². The van der Waals surface area contributed by atoms with Gasteiger partial charge in [0.15, 0.2) is 0 Å². The summed E-state index contributed by atoms with van der Waals surface area (Å²) in [6.07, 6.45) is 0. The highest BCUT2D eigenvalue weighted by Crippen LogP contribution is 2.20. The third-order valence-corrected chi connectivity index (χ3v) is 3.58. The molecule has 1 aromatic carbocycles. The Bertz CT molecular complexity index is 479. The van der Waals surface area contributed by atoms with Crippen molar-refractivity contribution in [1.29, 1.82) is 0 Å². The molecule has 0 fully saturated rings. The number of nitrogens with one attached hydrogen (secondary N) is 1. The smallest absolute Gasteiger partial charge is 0.120 e. The number of phenols is 1. The van der Waals surface area contributed by atoms with Crippen LogP contribution >= 0.6 is 11.3 Å². The molecule has 1 heterocycles. The average Bonchev–Trinajstić information content (AvgIpc) is 2.83. The molecule has 1 atom stereocenters. The SMILES string of the molecule is Cc1ccc(O)c(CNC(C)c2ccsc2)c1. The maximum absolute atomic E-state index is 9.74. The van der Waals surface area contributed by atoms with Crippen LogP contribution in [0.4, 0.5) is 0 Å². The minimum Gasteiger partial charge on any atom is -0.508 e. The second-order valence-corrected chi connectivity index (χ2v) is 5.07. The highest BCUT2D eigenvalue weighted by atomic mass is 32.1. The van der Waals surface area contributed by atoms with Crippen molar-refractivity contribution in [2.24, 2.45) is 0 Å². The van der Waals surface area contributed by atoms with E-state index in [1.165, 1.54) is 11.1 Å². The highest BCUT2D eigenvalue weighted by molar-refractivity contribution is 7.07. The number of benzene rings is 1. The van der Waals surface area contributed by atoms with Gasteiger partial charge in [-0.05, 0) is 42.3 Å². The number of hydrogen-bond acceptors (Lipinski definition) is 3. The molecule has 0 bridgehead atoms. The molecule has 3 heteroatoms. The topological polar surface area (TPSA) is 32.3 Å². The molecule has 0 spiro atoms. The Balaban J connectivity index is 2.00. The van der Waals surface area contributed by atoms with E-state index in [0.717, 1.165) is 5.56 Å². The van der Waals surface area contributed by atoms with Gasteiger partial charge in [-0.25, -0.2) is 0 Å². The maximum Gasteiger partial charge on any atom is 0.120 e. The number of hydrogen-bond donors (Lipinski definition) is 2. The standard InChI is InChI=1S/C14H17NOS/c1-10-3-4-14(16)13(7-10)8-15-11(2)12-5-6-17-9-12/h3-7,9,11,15-16H,8H2,1-2H3. The van der Waals surface area contributed by atoms with Crippen LogP contribution in [0.3, 0.4) is 0 Å². The zero-order chi connectivity index (χ0) is 12.3. The van der Waals surface area contributed by atoms with Gasteiger partial charge < -0.3 is 10.4 Å². The van der Waals surface area contributed by atoms with Crippen molar-refractivity contribution in [1.82, 2.24) is 5.32 Å². The Morgan fingerprint density at radius 1 is 1.35 bits per heavy atom. The molecule has 0 saturated carbocycles. The van der Waals surface area contributed by atoms with Crippen molar-refractivity contribution < 1.29 is 5.11 Å². The van der Waals surface area contributed by atoms with E-state index in [9.17, 15) is 5.11 Å². The number of aryl methyl sites for hydroxylation is 1. The second kappa shape index (κ2) is 5.34. The first-order valence-corrected chi connectivity index (χ1v) is 6.65. The van der Waals surface area contributed by atoms with Crippen molar-refractivity contribution in [2.45, 2.75) is 26.4 Å². The number of phenolic OH excluding ortho intramolecular Hbond substituents is 1. The minimum absolute atomic E-state index is 0.307. The van der Waals surface area contributed by atoms with E-state index in [-0.39, 0.29) is 0 Å². The van der Waals surface area contributed by atoms with Gasteiger partial charge in [0.25, 0.3) is 0 Å². The van der Waals surface area contributed by atoms with E-state index in [0.29, 0.717) is 18.3 Å². The normalized spacial score (nSPS) is 12.6. The van der Waals surface area contributed by atoms with Gasteiger partial charge in [-0.1, -0.05) is 17.7 Å². The largest absolute Gasteiger partial charge is 0.508 e. The van der Waals surface area contributed by atoms with Crippen molar-refractivity contribution in [3.8, 4) is 5.75 Å². The lowest BCUT2D eigenvalue weighted by Gasteiger charge is -2.13. The number of rotatable bonds is 4. The fourth-order valence-electron chi connectivity index (χ4n) is 1.76. The van der Waals surface area contributed by atoms with Crippen LogP contribution < -0.4 is 5.32 Å². The molecule has 2 aromatic rings. The predicted octanol–water partition coefficient (Wildman–Crippen LogP) is 3.61. The van der Waals surface area contributed by atoms with Crippen molar-refractivity contribution in [2.75, 3.05) is 0 Å². The molecule has 1 aromatic heterocycles. The van der Waals surface area contributed by atoms with Crippen LogP contribution in [0.15, 0.2) is 35.0 Å². The lowest BCUT2D eigenvalue weighted by Crippen LogP contribution is -2.17. The van der Waals surface area contributed by atoms with E-state index in [2.05, 4.69) is 29.1 Å². The minimum atomic E-state index is 0.307. The summed E-state index contributed by atoms with van der Waals surface area (Å²) in [5.74, 6) is 0.362. The third-order valence-electron chi connectivity index (χ3n) is 2.88. The molecule has 17 heavy (non-hydrogen) atoms. The maximum atomic E-state index is 9.74. The summed E-state index contributed by atoms with van der Waals surface area (Å²) in [6, 6.07) is 8.12. The summed E-state index contributed by atoms with van der Waals surface area (Å²) in [4.78, 5) is 0. The molecule has 0 aliphatic carbocycles. The van der Waals surface area contributed by atoms with Gasteiger partial charge in [-0.2, -0.15) is 11.3 Å². The molecule has 2 N–H and O–H groups in total. The molecule has 2 rings (SSSR count). The number of thiophene rings is 1. The average molecular weight is 247 g/mol. The summed E-state index contributed by atoms with van der Waals surface area (Å²) >= 11 is 1.71. The first kappa shape index (κ1) is 12.1. The molecule has 90 valence electrons. The molecule has 1 unspecified atom stereocenters. The first-order chi connectivity index (χ1) is 8.16. The summed E-state index contributed by atoms with van der Waals surface area (Å²) in [7, 11) is 0. The Kier molecular flexibility index (Phi) is 3.82. The van der Waals surface area contributed by atoms with Crippen LogP contribution in [0.2, 0.25) is 0 Å². The van der Waals surface area contributed by atoms with Gasteiger partial charge in [0.1, 0.15) is 5.75 Å². The molecule has 2 nitrogen and oxygen atoms in total. The summed E-state index contributed by atoms with van der Waals surface area (Å²) in [6.45, 7) is 4.85. The van der Waals surface area contributed by atoms with Gasteiger partial charge in [-0.3, -0.25) is 0 Å². The zero-order valence-corrected chi connectivity index (χ0v) is 10.9. The number of aromatic hydroxyl groups is 1. The van der Waals surface area contributed by atoms with Crippen molar-refractivity contribution >= 4 is 11.3 Å². The van der Waals surface area contributed by atoms with Crippen molar-refractivity contribution in [3.05, 3.63) is 51.7 Å². The van der Waals surface area contributed by atoms with Crippen LogP contribution in [0.1, 0.15) is 29.7 Å². The molecular formula is C14H17NOS. The van der Waals surface area contributed by atoms with Gasteiger partial charge >= 0.3 is 0 Å². The second-order valence-electron chi connectivity index (χ2n) is 4.29. The van der Waals surface area contributed by atoms with E-state index >= 15 is 0 Å². The Hall–Kier alpha value is -1.32. The Labute approximate surface area is 106 Å². The van der Waals surface area contributed by atoms with E-state index < -0.39 is 0 Å². The fourth-order valence-corrected chi connectivity index (χ4v) is 2.51. The lowest BCUT2D eigenvalue weighted by molar-refractivity contribution is 0.460. The van der Waals surface area contributed by atoms with Crippen LogP contribution in [0.5, 0.6) is 5.75 Å². The van der Waals surface area contributed by atoms with E-state index in [4.69, 9.17) is 0 Å². The molecule has 0 radical (unpaired) electrons. The molecule has 0 aliphatic heterocycles. The predicted molar refractivity (Wildman–Crippen MR) is 72.4 cm³/mol. The van der Waals surface area contributed by atoms with Gasteiger partial charge in [0.2, 0.25) is 0 Å². The quantitative estimate of drug-likeness (QED) is 0.865. The molecular weight excluding hydrogens is 230 g/mol. The monoisotopic (exact) mass is 247 g/mol. The summed E-state index contributed by atoms with van der Waals surface area (Å²) in [5, 5.41) is 17.4. The van der Waals surface area contributed by atoms with Crippen LogP contribution in [0.25, 0.3) is 0 Å². The van der Waals surface area contributed by atoms with E-state index in [1.54, 1.807) is 17.4 Å². The fraction of sp³-hybridized carbons (Fsp3) is 0.286. The third kappa shape index (κ3) is 3.08.